The highest BCUT2D eigenvalue weighted by molar-refractivity contribution is 8.01. The SMILES string of the molecule is CCCCCCCCC=C(SN)C(=O)OCC. The van der Waals surface area contributed by atoms with Gasteiger partial charge in [-0.15, -0.1) is 0 Å². The monoisotopic (exact) mass is 259 g/mol. The van der Waals surface area contributed by atoms with Crippen LogP contribution in [0, 0.1) is 0 Å². The van der Waals surface area contributed by atoms with Gasteiger partial charge in [0.25, 0.3) is 0 Å². The fourth-order valence-corrected chi connectivity index (χ4v) is 1.91. The van der Waals surface area contributed by atoms with Crippen LogP contribution in [0.2, 0.25) is 0 Å². The standard InChI is InChI=1S/C13H25NO2S/c1-3-5-6-7-8-9-10-11-12(17-14)13(15)16-4-2/h11H,3-10,14H2,1-2H3. The van der Waals surface area contributed by atoms with E-state index in [9.17, 15) is 4.79 Å². The zero-order valence-electron chi connectivity index (χ0n) is 11.0. The fraction of sp³-hybridized carbons (Fsp3) is 0.769. The van der Waals surface area contributed by atoms with Crippen molar-refractivity contribution in [2.45, 2.75) is 58.8 Å². The molecule has 0 saturated heterocycles. The summed E-state index contributed by atoms with van der Waals surface area (Å²) in [6.45, 7) is 4.41. The summed E-state index contributed by atoms with van der Waals surface area (Å²) in [6.07, 6.45) is 10.3. The van der Waals surface area contributed by atoms with Crippen molar-refractivity contribution in [3.05, 3.63) is 11.0 Å². The van der Waals surface area contributed by atoms with Crippen molar-refractivity contribution in [1.82, 2.24) is 0 Å². The van der Waals surface area contributed by atoms with E-state index < -0.39 is 0 Å². The molecular formula is C13H25NO2S. The van der Waals surface area contributed by atoms with Gasteiger partial charge in [-0.2, -0.15) is 0 Å². The molecule has 0 unspecified atom stereocenters. The smallest absolute Gasteiger partial charge is 0.345 e. The quantitative estimate of drug-likeness (QED) is 0.281. The van der Waals surface area contributed by atoms with Gasteiger partial charge in [0.05, 0.1) is 6.61 Å². The lowest BCUT2D eigenvalue weighted by Crippen LogP contribution is -2.06. The summed E-state index contributed by atoms with van der Waals surface area (Å²) in [6, 6.07) is 0. The molecule has 17 heavy (non-hydrogen) atoms. The Balaban J connectivity index is 3.68. The van der Waals surface area contributed by atoms with E-state index in [1.165, 1.54) is 32.1 Å². The minimum Gasteiger partial charge on any atom is -0.462 e. The molecule has 0 aromatic rings. The summed E-state index contributed by atoms with van der Waals surface area (Å²) in [5, 5.41) is 5.43. The molecule has 0 aliphatic carbocycles. The Labute approximate surface area is 109 Å². The maximum Gasteiger partial charge on any atom is 0.345 e. The Morgan fingerprint density at radius 2 is 1.82 bits per heavy atom. The topological polar surface area (TPSA) is 52.3 Å². The molecule has 2 N–H and O–H groups in total. The van der Waals surface area contributed by atoms with Crippen LogP contribution in [0.5, 0.6) is 0 Å². The molecular weight excluding hydrogens is 234 g/mol. The van der Waals surface area contributed by atoms with Crippen LogP contribution in [0.1, 0.15) is 58.8 Å². The molecule has 0 radical (unpaired) electrons. The Kier molecular flexibility index (Phi) is 11.7. The highest BCUT2D eigenvalue weighted by Gasteiger charge is 2.08. The van der Waals surface area contributed by atoms with E-state index in [4.69, 9.17) is 9.88 Å². The van der Waals surface area contributed by atoms with Gasteiger partial charge in [0.15, 0.2) is 0 Å². The van der Waals surface area contributed by atoms with E-state index in [2.05, 4.69) is 6.92 Å². The van der Waals surface area contributed by atoms with Gasteiger partial charge in [-0.3, -0.25) is 5.14 Å². The van der Waals surface area contributed by atoms with Crippen LogP contribution >= 0.6 is 11.9 Å². The van der Waals surface area contributed by atoms with Crippen LogP contribution in [0.25, 0.3) is 0 Å². The normalized spacial score (nSPS) is 11.6. The lowest BCUT2D eigenvalue weighted by atomic mass is 10.1. The van der Waals surface area contributed by atoms with Crippen LogP contribution in [-0.2, 0) is 9.53 Å². The van der Waals surface area contributed by atoms with Crippen LogP contribution in [0.3, 0.4) is 0 Å². The van der Waals surface area contributed by atoms with E-state index in [1.807, 2.05) is 6.08 Å². The van der Waals surface area contributed by atoms with Crippen molar-refractivity contribution in [2.75, 3.05) is 6.61 Å². The van der Waals surface area contributed by atoms with Crippen LogP contribution in [0.4, 0.5) is 0 Å². The highest BCUT2D eigenvalue weighted by Crippen LogP contribution is 2.14. The molecule has 0 aromatic carbocycles. The van der Waals surface area contributed by atoms with E-state index in [-0.39, 0.29) is 5.97 Å². The van der Waals surface area contributed by atoms with E-state index in [0.29, 0.717) is 11.5 Å². The fourth-order valence-electron chi connectivity index (χ4n) is 1.54. The molecule has 0 amide bonds. The summed E-state index contributed by atoms with van der Waals surface area (Å²) in [7, 11) is 0. The first-order chi connectivity index (χ1) is 8.26. The summed E-state index contributed by atoms with van der Waals surface area (Å²) in [5.74, 6) is -0.300. The van der Waals surface area contributed by atoms with Gasteiger partial charge < -0.3 is 4.74 Å². The molecule has 4 heteroatoms. The van der Waals surface area contributed by atoms with Crippen molar-refractivity contribution in [3.8, 4) is 0 Å². The number of unbranched alkanes of at least 4 members (excludes halogenated alkanes) is 6. The number of hydrogen-bond donors (Lipinski definition) is 1. The number of carbonyl (C=O) groups excluding carboxylic acids is 1. The van der Waals surface area contributed by atoms with Gasteiger partial charge in [-0.05, 0) is 31.7 Å². The minimum atomic E-state index is -0.300. The van der Waals surface area contributed by atoms with Crippen molar-refractivity contribution >= 4 is 17.9 Å². The van der Waals surface area contributed by atoms with Crippen LogP contribution < -0.4 is 5.14 Å². The molecule has 0 atom stereocenters. The molecule has 0 rings (SSSR count). The van der Waals surface area contributed by atoms with Crippen molar-refractivity contribution in [3.63, 3.8) is 0 Å². The molecule has 0 spiro atoms. The van der Waals surface area contributed by atoms with E-state index in [0.717, 1.165) is 24.8 Å². The number of allylic oxidation sites excluding steroid dienone is 1. The van der Waals surface area contributed by atoms with Crippen LogP contribution in [-0.4, -0.2) is 12.6 Å². The molecule has 0 aliphatic heterocycles. The Morgan fingerprint density at radius 3 is 2.41 bits per heavy atom. The van der Waals surface area contributed by atoms with E-state index in [1.54, 1.807) is 6.92 Å². The summed E-state index contributed by atoms with van der Waals surface area (Å²) in [4.78, 5) is 11.9. The van der Waals surface area contributed by atoms with Crippen LogP contribution in [0.15, 0.2) is 11.0 Å². The zero-order valence-corrected chi connectivity index (χ0v) is 11.9. The maximum atomic E-state index is 11.4. The lowest BCUT2D eigenvalue weighted by Gasteiger charge is -2.03. The molecule has 0 aromatic heterocycles. The number of rotatable bonds is 10. The predicted molar refractivity (Wildman–Crippen MR) is 74.5 cm³/mol. The van der Waals surface area contributed by atoms with Gasteiger partial charge in [0.1, 0.15) is 4.91 Å². The second kappa shape index (κ2) is 12.0. The molecule has 0 fully saturated rings. The third kappa shape index (κ3) is 9.24. The van der Waals surface area contributed by atoms with Crippen molar-refractivity contribution in [1.29, 1.82) is 0 Å². The van der Waals surface area contributed by atoms with Gasteiger partial charge in [0.2, 0.25) is 0 Å². The second-order valence-electron chi connectivity index (χ2n) is 3.96. The van der Waals surface area contributed by atoms with E-state index >= 15 is 0 Å². The number of hydrogen-bond acceptors (Lipinski definition) is 4. The lowest BCUT2D eigenvalue weighted by molar-refractivity contribution is -0.137. The largest absolute Gasteiger partial charge is 0.462 e. The summed E-state index contributed by atoms with van der Waals surface area (Å²) < 4.78 is 4.90. The summed E-state index contributed by atoms with van der Waals surface area (Å²) in [5.41, 5.74) is 0. The highest BCUT2D eigenvalue weighted by atomic mass is 32.2. The minimum absolute atomic E-state index is 0.300. The Morgan fingerprint density at radius 1 is 1.18 bits per heavy atom. The van der Waals surface area contributed by atoms with Crippen molar-refractivity contribution < 1.29 is 9.53 Å². The van der Waals surface area contributed by atoms with Gasteiger partial charge in [-0.1, -0.05) is 45.1 Å². The molecule has 3 nitrogen and oxygen atoms in total. The number of esters is 1. The zero-order chi connectivity index (χ0) is 12.9. The maximum absolute atomic E-state index is 11.4. The van der Waals surface area contributed by atoms with Gasteiger partial charge in [-0.25, -0.2) is 4.79 Å². The first kappa shape index (κ1) is 16.5. The Bertz CT molecular complexity index is 229. The van der Waals surface area contributed by atoms with Gasteiger partial charge in [0, 0.05) is 0 Å². The molecule has 0 bridgehead atoms. The van der Waals surface area contributed by atoms with Crippen molar-refractivity contribution in [2.24, 2.45) is 5.14 Å². The molecule has 0 aliphatic rings. The first-order valence-corrected chi connectivity index (χ1v) is 7.38. The molecule has 100 valence electrons. The third-order valence-electron chi connectivity index (χ3n) is 2.49. The molecule has 0 saturated carbocycles. The molecule has 0 heterocycles. The Hall–Kier alpha value is -0.480. The average Bonchev–Trinajstić information content (AvgIpc) is 2.33. The average molecular weight is 259 g/mol. The summed E-state index contributed by atoms with van der Waals surface area (Å²) >= 11 is 0.976. The number of nitrogens with two attached hydrogens (primary N) is 1. The second-order valence-corrected chi connectivity index (χ2v) is 4.64. The third-order valence-corrected chi connectivity index (χ3v) is 3.08. The number of carbonyl (C=O) groups is 1. The van der Waals surface area contributed by atoms with Gasteiger partial charge >= 0.3 is 5.97 Å². The first-order valence-electron chi connectivity index (χ1n) is 6.50. The predicted octanol–water partition coefficient (Wildman–Crippen LogP) is 3.79. The number of ether oxygens (including phenoxy) is 1.